The molecule has 0 spiro atoms. The van der Waals surface area contributed by atoms with Crippen LogP contribution >= 0.6 is 0 Å². The lowest BCUT2D eigenvalue weighted by Gasteiger charge is -2.37. The molecule has 2 aliphatic rings. The van der Waals surface area contributed by atoms with Gasteiger partial charge in [0.05, 0.1) is 6.61 Å². The van der Waals surface area contributed by atoms with E-state index in [0.717, 1.165) is 0 Å². The molecule has 100 valence electrons. The normalized spacial score (nSPS) is 47.8. The molecule has 6 nitrogen and oxygen atoms in total. The highest BCUT2D eigenvalue weighted by atomic mass is 16.8. The smallest absolute Gasteiger partial charge is 0.190 e. The molecule has 0 aromatic rings. The Kier molecular flexibility index (Phi) is 2.82. The van der Waals surface area contributed by atoms with Gasteiger partial charge in [0.1, 0.15) is 23.4 Å². The minimum Gasteiger partial charge on any atom is -0.393 e. The molecule has 0 amide bonds. The van der Waals surface area contributed by atoms with Gasteiger partial charge >= 0.3 is 0 Å². The maximum absolute atomic E-state index is 10.4. The van der Waals surface area contributed by atoms with Crippen molar-refractivity contribution in [2.45, 2.75) is 63.2 Å². The maximum Gasteiger partial charge on any atom is 0.190 e. The van der Waals surface area contributed by atoms with Gasteiger partial charge in [0.15, 0.2) is 12.1 Å². The summed E-state index contributed by atoms with van der Waals surface area (Å²) in [6, 6.07) is 0. The fraction of sp³-hybridized carbons (Fsp3) is 1.00. The van der Waals surface area contributed by atoms with Crippen LogP contribution in [0.3, 0.4) is 0 Å². The molecule has 2 aliphatic heterocycles. The predicted octanol–water partition coefficient (Wildman–Crippen LogP) is -0.643. The Morgan fingerprint density at radius 1 is 1.24 bits per heavy atom. The monoisotopic (exact) mass is 248 g/mol. The van der Waals surface area contributed by atoms with Gasteiger partial charge in [-0.25, -0.2) is 0 Å². The summed E-state index contributed by atoms with van der Waals surface area (Å²) in [7, 11) is 0. The van der Waals surface area contributed by atoms with E-state index in [9.17, 15) is 10.2 Å². The highest BCUT2D eigenvalue weighted by molar-refractivity contribution is 5.08. The Morgan fingerprint density at radius 3 is 2.29 bits per heavy atom. The summed E-state index contributed by atoms with van der Waals surface area (Å²) in [6.07, 6.45) is -2.38. The first-order chi connectivity index (χ1) is 7.60. The highest BCUT2D eigenvalue weighted by Crippen LogP contribution is 2.45. The minimum absolute atomic E-state index is 0.517. The molecule has 17 heavy (non-hydrogen) atoms. The number of aliphatic hydroxyl groups excluding tert-OH is 1. The van der Waals surface area contributed by atoms with Gasteiger partial charge in [-0.2, -0.15) is 0 Å². The molecule has 2 heterocycles. The lowest BCUT2D eigenvalue weighted by atomic mass is 9.84. The summed E-state index contributed by atoms with van der Waals surface area (Å²) in [5.41, 5.74) is -2.98. The second kappa shape index (κ2) is 3.63. The highest BCUT2D eigenvalue weighted by Gasteiger charge is 2.64. The van der Waals surface area contributed by atoms with E-state index in [-0.39, 0.29) is 0 Å². The molecular formula is C11H20O6. The van der Waals surface area contributed by atoms with Crippen LogP contribution in [0.4, 0.5) is 0 Å². The van der Waals surface area contributed by atoms with Crippen LogP contribution in [0.15, 0.2) is 0 Å². The molecule has 0 saturated carbocycles. The van der Waals surface area contributed by atoms with Gasteiger partial charge in [-0.05, 0) is 27.7 Å². The van der Waals surface area contributed by atoms with Gasteiger partial charge in [-0.3, -0.25) is 0 Å². The standard InChI is InChI=1S/C11H20O6/c1-9(2)16-6-7(17-9)15-8(11(6,4)14)10(3,13)5-12/h6-8,12-14H,5H2,1-4H3/t6-,7+,8+,10+,11+/m0/s1. The topological polar surface area (TPSA) is 88.4 Å². The largest absolute Gasteiger partial charge is 0.393 e. The number of ether oxygens (including phenoxy) is 3. The van der Waals surface area contributed by atoms with Crippen molar-refractivity contribution in [1.29, 1.82) is 0 Å². The average molecular weight is 248 g/mol. The Morgan fingerprint density at radius 2 is 1.82 bits per heavy atom. The van der Waals surface area contributed by atoms with E-state index in [1.165, 1.54) is 13.8 Å². The van der Waals surface area contributed by atoms with Gasteiger partial charge in [0.2, 0.25) is 0 Å². The van der Waals surface area contributed by atoms with Crippen LogP contribution in [0, 0.1) is 0 Å². The quantitative estimate of drug-likeness (QED) is 0.602. The third kappa shape index (κ3) is 1.99. The molecule has 2 saturated heterocycles. The first-order valence-electron chi connectivity index (χ1n) is 5.67. The molecule has 0 unspecified atom stereocenters. The summed E-state index contributed by atoms with van der Waals surface area (Å²) in [4.78, 5) is 0. The fourth-order valence-electron chi connectivity index (χ4n) is 2.50. The molecule has 3 N–H and O–H groups in total. The molecule has 0 aromatic carbocycles. The van der Waals surface area contributed by atoms with Crippen molar-refractivity contribution in [2.75, 3.05) is 6.61 Å². The summed E-state index contributed by atoms with van der Waals surface area (Å²) >= 11 is 0. The molecule has 0 radical (unpaired) electrons. The third-order valence-electron chi connectivity index (χ3n) is 3.32. The van der Waals surface area contributed by atoms with Crippen molar-refractivity contribution in [3.05, 3.63) is 0 Å². The predicted molar refractivity (Wildman–Crippen MR) is 57.0 cm³/mol. The van der Waals surface area contributed by atoms with Crippen LogP contribution < -0.4 is 0 Å². The molecule has 0 aromatic heterocycles. The van der Waals surface area contributed by atoms with Crippen LogP contribution in [-0.4, -0.2) is 57.4 Å². The van der Waals surface area contributed by atoms with Crippen LogP contribution in [0.2, 0.25) is 0 Å². The molecule has 5 atom stereocenters. The second-order valence-electron chi connectivity index (χ2n) is 5.68. The number of aliphatic hydroxyl groups is 3. The molecule has 6 heteroatoms. The summed E-state index contributed by atoms with van der Waals surface area (Å²) in [5.74, 6) is -0.824. The van der Waals surface area contributed by atoms with Crippen LogP contribution in [0.1, 0.15) is 27.7 Å². The van der Waals surface area contributed by atoms with Crippen LogP contribution in [0.5, 0.6) is 0 Å². The van der Waals surface area contributed by atoms with E-state index in [1.54, 1.807) is 13.8 Å². The van der Waals surface area contributed by atoms with Crippen molar-refractivity contribution >= 4 is 0 Å². The van der Waals surface area contributed by atoms with Crippen molar-refractivity contribution < 1.29 is 29.5 Å². The Hall–Kier alpha value is -0.240. The zero-order valence-corrected chi connectivity index (χ0v) is 10.5. The van der Waals surface area contributed by atoms with Crippen molar-refractivity contribution in [3.8, 4) is 0 Å². The SMILES string of the molecule is CC1(C)O[C@H]2O[C@H]([C@](C)(O)CO)[C@](C)(O)[C@H]2O1. The van der Waals surface area contributed by atoms with Crippen molar-refractivity contribution in [1.82, 2.24) is 0 Å². The van der Waals surface area contributed by atoms with E-state index in [0.29, 0.717) is 0 Å². The Labute approximate surface area is 100 Å². The second-order valence-corrected chi connectivity index (χ2v) is 5.68. The van der Waals surface area contributed by atoms with Crippen LogP contribution in [0.25, 0.3) is 0 Å². The van der Waals surface area contributed by atoms with Gasteiger partial charge in [0.25, 0.3) is 0 Å². The van der Waals surface area contributed by atoms with E-state index < -0.39 is 42.1 Å². The van der Waals surface area contributed by atoms with Crippen molar-refractivity contribution in [2.24, 2.45) is 0 Å². The van der Waals surface area contributed by atoms with Crippen molar-refractivity contribution in [3.63, 3.8) is 0 Å². The summed E-state index contributed by atoms with van der Waals surface area (Å²) in [6.45, 7) is 5.85. The van der Waals surface area contributed by atoms with E-state index >= 15 is 0 Å². The minimum atomic E-state index is -1.55. The number of hydrogen-bond donors (Lipinski definition) is 3. The van der Waals surface area contributed by atoms with Gasteiger partial charge < -0.3 is 29.5 Å². The van der Waals surface area contributed by atoms with Crippen LogP contribution in [-0.2, 0) is 14.2 Å². The first kappa shape index (κ1) is 13.2. The zero-order chi connectivity index (χ0) is 13.1. The molecular weight excluding hydrogens is 228 g/mol. The van der Waals surface area contributed by atoms with Gasteiger partial charge in [0, 0.05) is 0 Å². The maximum atomic E-state index is 10.4. The molecule has 0 aliphatic carbocycles. The van der Waals surface area contributed by atoms with E-state index in [4.69, 9.17) is 19.3 Å². The van der Waals surface area contributed by atoms with E-state index in [1.807, 2.05) is 0 Å². The zero-order valence-electron chi connectivity index (χ0n) is 10.5. The number of hydrogen-bond acceptors (Lipinski definition) is 6. The average Bonchev–Trinajstić information content (AvgIpc) is 2.60. The molecule has 2 rings (SSSR count). The Balaban J connectivity index is 2.23. The molecule has 0 bridgehead atoms. The number of rotatable bonds is 2. The first-order valence-corrected chi connectivity index (χ1v) is 5.67. The number of fused-ring (bicyclic) bond motifs is 1. The summed E-state index contributed by atoms with van der Waals surface area (Å²) in [5, 5.41) is 29.5. The van der Waals surface area contributed by atoms with Gasteiger partial charge in [-0.15, -0.1) is 0 Å². The lowest BCUT2D eigenvalue weighted by Crippen LogP contribution is -2.57. The van der Waals surface area contributed by atoms with Gasteiger partial charge in [-0.1, -0.05) is 0 Å². The third-order valence-corrected chi connectivity index (χ3v) is 3.32. The fourth-order valence-corrected chi connectivity index (χ4v) is 2.50. The lowest BCUT2D eigenvalue weighted by molar-refractivity contribution is -0.256. The Bertz CT molecular complexity index is 311. The van der Waals surface area contributed by atoms with E-state index in [2.05, 4.69) is 0 Å². The molecule has 2 fully saturated rings. The summed E-state index contributed by atoms with van der Waals surface area (Å²) < 4.78 is 16.5.